The predicted molar refractivity (Wildman–Crippen MR) is 124 cm³/mol. The van der Waals surface area contributed by atoms with Gasteiger partial charge in [-0.3, -0.25) is 9.36 Å². The lowest BCUT2D eigenvalue weighted by molar-refractivity contribution is 0.0713. The molecule has 168 valence electrons. The van der Waals surface area contributed by atoms with Crippen LogP contribution in [0, 0.1) is 5.82 Å². The van der Waals surface area contributed by atoms with Gasteiger partial charge in [-0.05, 0) is 55.7 Å². The van der Waals surface area contributed by atoms with E-state index in [4.69, 9.17) is 16.6 Å². The molecule has 2 aromatic carbocycles. The second-order valence-corrected chi connectivity index (χ2v) is 8.61. The van der Waals surface area contributed by atoms with Gasteiger partial charge in [-0.1, -0.05) is 49.9 Å². The van der Waals surface area contributed by atoms with Gasteiger partial charge in [0.15, 0.2) is 0 Å². The molecule has 5 nitrogen and oxygen atoms in total. The van der Waals surface area contributed by atoms with Gasteiger partial charge >= 0.3 is 0 Å². The normalized spacial score (nSPS) is 18.5. The first-order valence-corrected chi connectivity index (χ1v) is 11.5. The molecule has 1 heterocycles. The van der Waals surface area contributed by atoms with Crippen LogP contribution in [0.5, 0.6) is 0 Å². The second kappa shape index (κ2) is 9.84. The Morgan fingerprint density at radius 2 is 1.91 bits per heavy atom. The topological polar surface area (TPSA) is 67.2 Å². The number of hydrogen-bond acceptors (Lipinski definition) is 3. The highest BCUT2D eigenvalue weighted by atomic mass is 35.5. The number of aliphatic hydroxyl groups is 1. The minimum absolute atomic E-state index is 0.287. The Hall–Kier alpha value is -2.70. The second-order valence-electron chi connectivity index (χ2n) is 8.20. The Balaban J connectivity index is 1.84. The smallest absolute Gasteiger partial charge is 0.272 e. The van der Waals surface area contributed by atoms with Gasteiger partial charge in [-0.25, -0.2) is 9.37 Å². The molecule has 1 aliphatic carbocycles. The number of carbonyl (C=O) groups is 1. The molecule has 0 spiro atoms. The molecule has 1 fully saturated rings. The number of amides is 1. The van der Waals surface area contributed by atoms with E-state index in [1.807, 2.05) is 29.7 Å². The Bertz CT molecular complexity index is 1100. The zero-order chi connectivity index (χ0) is 22.7. The number of hydrogen-bond donors (Lipinski definition) is 2. The fourth-order valence-corrected chi connectivity index (χ4v) is 4.53. The average Bonchev–Trinajstić information content (AvgIpc) is 3.15. The number of nitrogens with one attached hydrogen (secondary N) is 1. The molecule has 32 heavy (non-hydrogen) atoms. The lowest BCUT2D eigenvalue weighted by Crippen LogP contribution is -2.45. The van der Waals surface area contributed by atoms with Crippen molar-refractivity contribution in [2.24, 2.45) is 0 Å². The summed E-state index contributed by atoms with van der Waals surface area (Å²) in [5.74, 6) is -0.122. The van der Waals surface area contributed by atoms with Gasteiger partial charge in [0.05, 0.1) is 22.9 Å². The molecule has 1 aromatic heterocycles. The minimum Gasteiger partial charge on any atom is -0.391 e. The molecule has 1 aliphatic rings. The molecule has 7 heteroatoms. The molecule has 0 radical (unpaired) electrons. The number of carbonyl (C=O) groups excluding carboxylic acids is 1. The predicted octanol–water partition coefficient (Wildman–Crippen LogP) is 5.32. The van der Waals surface area contributed by atoms with Gasteiger partial charge < -0.3 is 10.4 Å². The van der Waals surface area contributed by atoms with E-state index in [2.05, 4.69) is 5.32 Å². The summed E-state index contributed by atoms with van der Waals surface area (Å²) in [5.41, 5.74) is 2.43. The number of imidazole rings is 1. The molecule has 0 unspecified atom stereocenters. The minimum atomic E-state index is -0.551. The summed E-state index contributed by atoms with van der Waals surface area (Å²) in [6.07, 6.45) is 4.20. The van der Waals surface area contributed by atoms with Crippen molar-refractivity contribution in [2.45, 2.75) is 57.6 Å². The van der Waals surface area contributed by atoms with Crippen LogP contribution in [0.2, 0.25) is 5.02 Å². The molecule has 2 atom stereocenters. The summed E-state index contributed by atoms with van der Waals surface area (Å²) in [6.45, 7) is 2.03. The van der Waals surface area contributed by atoms with E-state index in [0.717, 1.165) is 31.4 Å². The van der Waals surface area contributed by atoms with Crippen LogP contribution in [0.3, 0.4) is 0 Å². The van der Waals surface area contributed by atoms with Crippen molar-refractivity contribution in [3.05, 3.63) is 70.8 Å². The van der Waals surface area contributed by atoms with E-state index in [1.54, 1.807) is 18.2 Å². The first kappa shape index (κ1) is 22.5. The highest BCUT2D eigenvalue weighted by Gasteiger charge is 2.29. The van der Waals surface area contributed by atoms with Crippen LogP contribution in [0.25, 0.3) is 17.1 Å². The quantitative estimate of drug-likeness (QED) is 0.528. The summed E-state index contributed by atoms with van der Waals surface area (Å²) in [5, 5.41) is 13.8. The Morgan fingerprint density at radius 1 is 1.19 bits per heavy atom. The molecule has 0 saturated heterocycles. The van der Waals surface area contributed by atoms with Crippen LogP contribution in [0.1, 0.15) is 55.2 Å². The van der Waals surface area contributed by atoms with Crippen LogP contribution in [0.4, 0.5) is 4.39 Å². The maximum atomic E-state index is 13.6. The van der Waals surface area contributed by atoms with Gasteiger partial charge in [0.25, 0.3) is 5.91 Å². The maximum absolute atomic E-state index is 13.6. The third kappa shape index (κ3) is 4.57. The lowest BCUT2D eigenvalue weighted by atomic mass is 9.92. The van der Waals surface area contributed by atoms with Crippen LogP contribution >= 0.6 is 11.6 Å². The number of benzene rings is 2. The van der Waals surface area contributed by atoms with Gasteiger partial charge in [-0.2, -0.15) is 0 Å². The van der Waals surface area contributed by atoms with Gasteiger partial charge in [0, 0.05) is 11.3 Å². The fourth-order valence-electron chi connectivity index (χ4n) is 4.31. The van der Waals surface area contributed by atoms with Crippen molar-refractivity contribution in [1.82, 2.24) is 14.9 Å². The van der Waals surface area contributed by atoms with E-state index in [9.17, 15) is 14.3 Å². The molecular formula is C25H27ClFN3O2. The number of halogens is 2. The summed E-state index contributed by atoms with van der Waals surface area (Å²) in [4.78, 5) is 18.1. The molecule has 1 amide bonds. The van der Waals surface area contributed by atoms with E-state index >= 15 is 0 Å². The zero-order valence-electron chi connectivity index (χ0n) is 18.0. The van der Waals surface area contributed by atoms with Crippen molar-refractivity contribution in [3.8, 4) is 17.1 Å². The summed E-state index contributed by atoms with van der Waals surface area (Å²) in [7, 11) is 0. The third-order valence-corrected chi connectivity index (χ3v) is 6.25. The number of nitrogens with zero attached hydrogens (tertiary/aromatic N) is 2. The largest absolute Gasteiger partial charge is 0.391 e. The Kier molecular flexibility index (Phi) is 6.92. The van der Waals surface area contributed by atoms with Crippen LogP contribution in [-0.4, -0.2) is 32.7 Å². The van der Waals surface area contributed by atoms with Gasteiger partial charge in [-0.15, -0.1) is 0 Å². The maximum Gasteiger partial charge on any atom is 0.272 e. The molecule has 3 aromatic rings. The first-order valence-electron chi connectivity index (χ1n) is 11.1. The van der Waals surface area contributed by atoms with Crippen molar-refractivity contribution < 1.29 is 14.3 Å². The molecule has 2 N–H and O–H groups in total. The van der Waals surface area contributed by atoms with E-state index in [-0.39, 0.29) is 17.8 Å². The summed E-state index contributed by atoms with van der Waals surface area (Å²) in [6, 6.07) is 13.2. The molecular weight excluding hydrogens is 429 g/mol. The highest BCUT2D eigenvalue weighted by Crippen LogP contribution is 2.32. The summed E-state index contributed by atoms with van der Waals surface area (Å²) >= 11 is 6.49. The average molecular weight is 456 g/mol. The van der Waals surface area contributed by atoms with Crippen LogP contribution < -0.4 is 5.32 Å². The standard InChI is InChI=1S/C25H27ClFN3O2/c1-2-7-21-23(25(32)28-20-10-5-6-11-22(20)31)29-24(18-8-3-4-9-19(18)26)30(21)17-14-12-16(27)13-15-17/h3-4,8-9,12-15,20,22,31H,2,5-7,10-11H2,1H3,(H,28,32)/t20-,22-/m0/s1. The highest BCUT2D eigenvalue weighted by molar-refractivity contribution is 6.33. The van der Waals surface area contributed by atoms with E-state index < -0.39 is 6.10 Å². The SMILES string of the molecule is CCCc1c(C(=O)N[C@H]2CCCC[C@@H]2O)nc(-c2ccccc2Cl)n1-c1ccc(F)cc1. The fraction of sp³-hybridized carbons (Fsp3) is 0.360. The van der Waals surface area contributed by atoms with Crippen molar-refractivity contribution >= 4 is 17.5 Å². The van der Waals surface area contributed by atoms with Gasteiger partial charge in [0.2, 0.25) is 0 Å². The molecule has 4 rings (SSSR count). The molecule has 0 aliphatic heterocycles. The van der Waals surface area contributed by atoms with Crippen molar-refractivity contribution in [3.63, 3.8) is 0 Å². The number of rotatable bonds is 6. The first-order chi connectivity index (χ1) is 15.5. The Morgan fingerprint density at radius 3 is 2.59 bits per heavy atom. The zero-order valence-corrected chi connectivity index (χ0v) is 18.8. The van der Waals surface area contributed by atoms with Gasteiger partial charge in [0.1, 0.15) is 17.3 Å². The van der Waals surface area contributed by atoms with Crippen molar-refractivity contribution in [1.29, 1.82) is 0 Å². The van der Waals surface area contributed by atoms with E-state index in [1.165, 1.54) is 12.1 Å². The lowest BCUT2D eigenvalue weighted by Gasteiger charge is -2.28. The Labute approximate surface area is 192 Å². The number of aliphatic hydroxyl groups excluding tert-OH is 1. The third-order valence-electron chi connectivity index (χ3n) is 5.92. The number of aromatic nitrogens is 2. The van der Waals surface area contributed by atoms with Crippen LogP contribution in [-0.2, 0) is 6.42 Å². The summed E-state index contributed by atoms with van der Waals surface area (Å²) < 4.78 is 15.5. The molecule has 1 saturated carbocycles. The van der Waals surface area contributed by atoms with Crippen LogP contribution in [0.15, 0.2) is 48.5 Å². The monoisotopic (exact) mass is 455 g/mol. The van der Waals surface area contributed by atoms with Crippen molar-refractivity contribution in [2.75, 3.05) is 0 Å². The van der Waals surface area contributed by atoms with E-state index in [0.29, 0.717) is 40.6 Å². The molecule has 0 bridgehead atoms.